The van der Waals surface area contributed by atoms with Crippen LogP contribution < -0.4 is 10.6 Å². The number of hydrogen-bond donors (Lipinski definition) is 2. The molecule has 8 heteroatoms. The van der Waals surface area contributed by atoms with E-state index in [1.165, 1.54) is 32.1 Å². The third kappa shape index (κ3) is 7.87. The van der Waals surface area contributed by atoms with E-state index in [1.807, 2.05) is 12.1 Å². The maximum Gasteiger partial charge on any atom is 0.191 e. The van der Waals surface area contributed by atoms with Crippen LogP contribution in [0.15, 0.2) is 34.2 Å². The van der Waals surface area contributed by atoms with E-state index in [2.05, 4.69) is 34.4 Å². The summed E-state index contributed by atoms with van der Waals surface area (Å²) >= 11 is 0. The van der Waals surface area contributed by atoms with Crippen molar-refractivity contribution in [3.05, 3.63) is 29.8 Å². The fraction of sp³-hybridized carbons (Fsp3) is 0.650. The molecule has 28 heavy (non-hydrogen) atoms. The molecule has 2 atom stereocenters. The highest BCUT2D eigenvalue weighted by Gasteiger charge is 2.22. The van der Waals surface area contributed by atoms with Gasteiger partial charge in [0.05, 0.1) is 4.90 Å². The van der Waals surface area contributed by atoms with Gasteiger partial charge in [0.15, 0.2) is 15.8 Å². The minimum absolute atomic E-state index is 0. The van der Waals surface area contributed by atoms with Crippen LogP contribution in [0.3, 0.4) is 0 Å². The first-order chi connectivity index (χ1) is 12.8. The van der Waals surface area contributed by atoms with Crippen molar-refractivity contribution in [2.45, 2.75) is 56.5 Å². The summed E-state index contributed by atoms with van der Waals surface area (Å²) in [4.78, 5) is 7.23. The topological polar surface area (TPSA) is 73.8 Å². The lowest BCUT2D eigenvalue weighted by Crippen LogP contribution is -2.50. The first kappa shape index (κ1) is 25.2. The summed E-state index contributed by atoms with van der Waals surface area (Å²) in [6.07, 6.45) is 5.95. The molecule has 0 radical (unpaired) electrons. The number of rotatable bonds is 7. The molecular weight excluding hydrogens is 487 g/mol. The fourth-order valence-electron chi connectivity index (χ4n) is 3.59. The molecule has 160 valence electrons. The standard InChI is InChI=1S/C20H34N4O2S.HI/c1-16-7-5-6-14-24(16)17(2)15-23-20(21-3)22-13-12-18-8-10-19(11-9-18)27(4,25)26;/h8-11,16-17H,5-7,12-15H2,1-4H3,(H2,21,22,23);1H. The number of likely N-dealkylation sites (tertiary alicyclic amines) is 1. The van der Waals surface area contributed by atoms with Crippen molar-refractivity contribution in [2.24, 2.45) is 4.99 Å². The average Bonchev–Trinajstić information content (AvgIpc) is 2.64. The molecular formula is C20H35IN4O2S. The van der Waals surface area contributed by atoms with Crippen LogP contribution in [-0.4, -0.2) is 64.3 Å². The second-order valence-corrected chi connectivity index (χ2v) is 9.49. The number of aliphatic imine (C=N–C) groups is 1. The molecule has 6 nitrogen and oxygen atoms in total. The highest BCUT2D eigenvalue weighted by molar-refractivity contribution is 14.0. The van der Waals surface area contributed by atoms with Gasteiger partial charge in [-0.1, -0.05) is 18.6 Å². The van der Waals surface area contributed by atoms with Crippen LogP contribution >= 0.6 is 24.0 Å². The molecule has 1 saturated heterocycles. The third-order valence-electron chi connectivity index (χ3n) is 5.27. The van der Waals surface area contributed by atoms with Crippen LogP contribution in [0.1, 0.15) is 38.7 Å². The van der Waals surface area contributed by atoms with E-state index in [0.29, 0.717) is 17.0 Å². The number of piperidine rings is 1. The molecule has 2 rings (SSSR count). The molecule has 0 saturated carbocycles. The van der Waals surface area contributed by atoms with Crippen molar-refractivity contribution in [3.8, 4) is 0 Å². The molecule has 1 aliphatic rings. The predicted octanol–water partition coefficient (Wildman–Crippen LogP) is 2.68. The maximum absolute atomic E-state index is 11.5. The van der Waals surface area contributed by atoms with Crippen molar-refractivity contribution >= 4 is 39.8 Å². The van der Waals surface area contributed by atoms with E-state index in [4.69, 9.17) is 0 Å². The molecule has 1 fully saturated rings. The molecule has 0 spiro atoms. The van der Waals surface area contributed by atoms with Crippen LogP contribution in [0.2, 0.25) is 0 Å². The van der Waals surface area contributed by atoms with Gasteiger partial charge in [0, 0.05) is 38.5 Å². The highest BCUT2D eigenvalue weighted by atomic mass is 127. The van der Waals surface area contributed by atoms with Gasteiger partial charge < -0.3 is 10.6 Å². The number of benzene rings is 1. The Bertz CT molecular complexity index is 722. The van der Waals surface area contributed by atoms with E-state index in [0.717, 1.165) is 31.0 Å². The van der Waals surface area contributed by atoms with Crippen molar-refractivity contribution < 1.29 is 8.42 Å². The Morgan fingerprint density at radius 3 is 2.50 bits per heavy atom. The van der Waals surface area contributed by atoms with Crippen LogP contribution in [-0.2, 0) is 16.3 Å². The number of nitrogens with one attached hydrogen (secondary N) is 2. The monoisotopic (exact) mass is 522 g/mol. The smallest absolute Gasteiger partial charge is 0.191 e. The van der Waals surface area contributed by atoms with Gasteiger partial charge in [-0.15, -0.1) is 24.0 Å². The second kappa shape index (κ2) is 12.0. The number of halogens is 1. The summed E-state index contributed by atoms with van der Waals surface area (Å²) in [5.74, 6) is 0.805. The summed E-state index contributed by atoms with van der Waals surface area (Å²) in [6, 6.07) is 8.20. The van der Waals surface area contributed by atoms with Gasteiger partial charge in [-0.2, -0.15) is 0 Å². The van der Waals surface area contributed by atoms with Gasteiger partial charge in [0.2, 0.25) is 0 Å². The quantitative estimate of drug-likeness (QED) is 0.327. The number of guanidine groups is 1. The highest BCUT2D eigenvalue weighted by Crippen LogP contribution is 2.18. The average molecular weight is 522 g/mol. The van der Waals surface area contributed by atoms with Crippen LogP contribution in [0.5, 0.6) is 0 Å². The van der Waals surface area contributed by atoms with Crippen molar-refractivity contribution in [2.75, 3.05) is 32.9 Å². The molecule has 2 N–H and O–H groups in total. The van der Waals surface area contributed by atoms with Crippen LogP contribution in [0.4, 0.5) is 0 Å². The summed E-state index contributed by atoms with van der Waals surface area (Å²) in [5.41, 5.74) is 1.10. The Hall–Kier alpha value is -0.870. The molecule has 0 aliphatic carbocycles. The zero-order chi connectivity index (χ0) is 19.9. The predicted molar refractivity (Wildman–Crippen MR) is 128 cm³/mol. The summed E-state index contributed by atoms with van der Waals surface area (Å²) in [7, 11) is -1.35. The minimum atomic E-state index is -3.14. The fourth-order valence-corrected chi connectivity index (χ4v) is 4.22. The van der Waals surface area contributed by atoms with E-state index >= 15 is 0 Å². The van der Waals surface area contributed by atoms with Crippen molar-refractivity contribution in [3.63, 3.8) is 0 Å². The molecule has 0 amide bonds. The Balaban J connectivity index is 0.00000392. The SMILES string of the molecule is CN=C(NCCc1ccc(S(C)(=O)=O)cc1)NCC(C)N1CCCCC1C.I. The Kier molecular flexibility index (Phi) is 10.8. The van der Waals surface area contributed by atoms with Crippen LogP contribution in [0, 0.1) is 0 Å². The summed E-state index contributed by atoms with van der Waals surface area (Å²) in [6.45, 7) is 7.38. The zero-order valence-corrected chi connectivity index (χ0v) is 20.6. The normalized spacial score (nSPS) is 19.6. The van der Waals surface area contributed by atoms with E-state index in [-0.39, 0.29) is 24.0 Å². The number of sulfone groups is 1. The lowest BCUT2D eigenvalue weighted by atomic mass is 10.0. The summed E-state index contributed by atoms with van der Waals surface area (Å²) in [5, 5.41) is 6.75. The van der Waals surface area contributed by atoms with Gasteiger partial charge in [0.1, 0.15) is 0 Å². The first-order valence-electron chi connectivity index (χ1n) is 9.80. The molecule has 0 bridgehead atoms. The Labute approximate surface area is 187 Å². The lowest BCUT2D eigenvalue weighted by molar-refractivity contribution is 0.115. The Morgan fingerprint density at radius 2 is 1.93 bits per heavy atom. The van der Waals surface area contributed by atoms with E-state index in [9.17, 15) is 8.42 Å². The second-order valence-electron chi connectivity index (χ2n) is 7.48. The van der Waals surface area contributed by atoms with Gasteiger partial charge in [-0.3, -0.25) is 9.89 Å². The minimum Gasteiger partial charge on any atom is -0.356 e. The zero-order valence-electron chi connectivity index (χ0n) is 17.4. The molecule has 1 heterocycles. The number of nitrogens with zero attached hydrogens (tertiary/aromatic N) is 2. The number of hydrogen-bond acceptors (Lipinski definition) is 4. The van der Waals surface area contributed by atoms with Crippen LogP contribution in [0.25, 0.3) is 0 Å². The van der Waals surface area contributed by atoms with Crippen molar-refractivity contribution in [1.82, 2.24) is 15.5 Å². The molecule has 1 aliphatic heterocycles. The Morgan fingerprint density at radius 1 is 1.25 bits per heavy atom. The van der Waals surface area contributed by atoms with Gasteiger partial charge in [-0.05, 0) is 57.4 Å². The van der Waals surface area contributed by atoms with Crippen molar-refractivity contribution in [1.29, 1.82) is 0 Å². The lowest BCUT2D eigenvalue weighted by Gasteiger charge is -2.38. The van der Waals surface area contributed by atoms with Gasteiger partial charge >= 0.3 is 0 Å². The largest absolute Gasteiger partial charge is 0.356 e. The molecule has 1 aromatic carbocycles. The molecule has 2 unspecified atom stereocenters. The van der Waals surface area contributed by atoms with E-state index < -0.39 is 9.84 Å². The first-order valence-corrected chi connectivity index (χ1v) is 11.7. The maximum atomic E-state index is 11.5. The van der Waals surface area contributed by atoms with Gasteiger partial charge in [0.25, 0.3) is 0 Å². The molecule has 1 aromatic rings. The summed E-state index contributed by atoms with van der Waals surface area (Å²) < 4.78 is 23.0. The van der Waals surface area contributed by atoms with Gasteiger partial charge in [-0.25, -0.2) is 8.42 Å². The molecule has 0 aromatic heterocycles. The third-order valence-corrected chi connectivity index (χ3v) is 6.40. The van der Waals surface area contributed by atoms with E-state index in [1.54, 1.807) is 19.2 Å².